The van der Waals surface area contributed by atoms with Crippen LogP contribution in [0.5, 0.6) is 0 Å². The van der Waals surface area contributed by atoms with Gasteiger partial charge in [0.05, 0.1) is 7.11 Å². The minimum atomic E-state index is -0.207. The van der Waals surface area contributed by atoms with Crippen LogP contribution in [0.3, 0.4) is 0 Å². The van der Waals surface area contributed by atoms with Crippen molar-refractivity contribution in [3.8, 4) is 0 Å². The van der Waals surface area contributed by atoms with Gasteiger partial charge in [-0.15, -0.1) is 0 Å². The van der Waals surface area contributed by atoms with Crippen LogP contribution in [0.15, 0.2) is 18.2 Å². The van der Waals surface area contributed by atoms with Gasteiger partial charge in [-0.05, 0) is 31.6 Å². The van der Waals surface area contributed by atoms with Gasteiger partial charge in [0.15, 0.2) is 0 Å². The van der Waals surface area contributed by atoms with E-state index in [2.05, 4.69) is 37.4 Å². The van der Waals surface area contributed by atoms with Crippen molar-refractivity contribution in [3.05, 3.63) is 34.9 Å². The molecule has 0 radical (unpaired) electrons. The van der Waals surface area contributed by atoms with Crippen molar-refractivity contribution in [2.45, 2.75) is 52.0 Å². The van der Waals surface area contributed by atoms with E-state index in [1.165, 1.54) is 23.8 Å². The van der Waals surface area contributed by atoms with Crippen molar-refractivity contribution >= 4 is 17.7 Å². The van der Waals surface area contributed by atoms with Crippen molar-refractivity contribution in [2.75, 3.05) is 12.9 Å². The summed E-state index contributed by atoms with van der Waals surface area (Å²) in [6.07, 6.45) is 0.792. The summed E-state index contributed by atoms with van der Waals surface area (Å²) >= 11 is 1.86. The molecule has 0 saturated heterocycles. The molecule has 0 aliphatic heterocycles. The molecule has 0 bridgehead atoms. The average molecular weight is 309 g/mol. The largest absolute Gasteiger partial charge is 0.468 e. The zero-order chi connectivity index (χ0) is 15.8. The fourth-order valence-electron chi connectivity index (χ4n) is 2.36. The first-order chi connectivity index (χ1) is 9.92. The Morgan fingerprint density at radius 2 is 1.86 bits per heavy atom. The molecule has 1 unspecified atom stereocenters. The molecule has 0 saturated carbocycles. The third-order valence-corrected chi connectivity index (χ3v) is 4.18. The third-order valence-electron chi connectivity index (χ3n) is 3.12. The Bertz CT molecular complexity index is 440. The lowest BCUT2D eigenvalue weighted by molar-refractivity contribution is -0.143. The second kappa shape index (κ2) is 9.11. The Morgan fingerprint density at radius 3 is 2.38 bits per heavy atom. The van der Waals surface area contributed by atoms with E-state index in [-0.39, 0.29) is 18.1 Å². The SMILES string of the molecule is COC(=O)C(CCSCc1cc(C)cc(C)c1)NC(C)C. The second-order valence-corrected chi connectivity index (χ2v) is 6.84. The lowest BCUT2D eigenvalue weighted by Gasteiger charge is -2.18. The van der Waals surface area contributed by atoms with Crippen molar-refractivity contribution in [1.82, 2.24) is 5.32 Å². The smallest absolute Gasteiger partial charge is 0.322 e. The Morgan fingerprint density at radius 1 is 1.24 bits per heavy atom. The van der Waals surface area contributed by atoms with Crippen molar-refractivity contribution in [3.63, 3.8) is 0 Å². The maximum atomic E-state index is 11.7. The lowest BCUT2D eigenvalue weighted by Crippen LogP contribution is -2.41. The number of hydrogen-bond donors (Lipinski definition) is 1. The summed E-state index contributed by atoms with van der Waals surface area (Å²) in [6.45, 7) is 8.33. The maximum Gasteiger partial charge on any atom is 0.322 e. The van der Waals surface area contributed by atoms with Crippen molar-refractivity contribution in [2.24, 2.45) is 0 Å². The van der Waals surface area contributed by atoms with Gasteiger partial charge in [-0.2, -0.15) is 11.8 Å². The summed E-state index contributed by atoms with van der Waals surface area (Å²) in [5.74, 6) is 1.75. The van der Waals surface area contributed by atoms with E-state index < -0.39 is 0 Å². The summed E-state index contributed by atoms with van der Waals surface area (Å²) in [5, 5.41) is 3.26. The van der Waals surface area contributed by atoms with Crippen LogP contribution in [0.2, 0.25) is 0 Å². The van der Waals surface area contributed by atoms with Crippen LogP contribution in [-0.4, -0.2) is 30.9 Å². The summed E-state index contributed by atoms with van der Waals surface area (Å²) in [6, 6.07) is 6.71. The van der Waals surface area contributed by atoms with Gasteiger partial charge in [0.2, 0.25) is 0 Å². The van der Waals surface area contributed by atoms with Crippen LogP contribution in [0, 0.1) is 13.8 Å². The number of aryl methyl sites for hydroxylation is 2. The number of ether oxygens (including phenoxy) is 1. The molecule has 1 aromatic carbocycles. The highest BCUT2D eigenvalue weighted by molar-refractivity contribution is 7.98. The molecule has 0 aliphatic carbocycles. The summed E-state index contributed by atoms with van der Waals surface area (Å²) in [4.78, 5) is 11.7. The zero-order valence-corrected chi connectivity index (χ0v) is 14.5. The molecular weight excluding hydrogens is 282 g/mol. The lowest BCUT2D eigenvalue weighted by atomic mass is 10.1. The predicted octanol–water partition coefficient (Wildman–Crippen LogP) is 3.47. The zero-order valence-electron chi connectivity index (χ0n) is 13.7. The van der Waals surface area contributed by atoms with Gasteiger partial charge in [0.1, 0.15) is 6.04 Å². The molecule has 0 fully saturated rings. The highest BCUT2D eigenvalue weighted by atomic mass is 32.2. The molecule has 1 atom stereocenters. The average Bonchev–Trinajstić information content (AvgIpc) is 2.39. The van der Waals surface area contributed by atoms with E-state index in [1.54, 1.807) is 0 Å². The minimum absolute atomic E-state index is 0.171. The second-order valence-electron chi connectivity index (χ2n) is 5.73. The topological polar surface area (TPSA) is 38.3 Å². The molecule has 4 heteroatoms. The number of esters is 1. The Hall–Kier alpha value is -1.00. The molecule has 1 N–H and O–H groups in total. The first kappa shape index (κ1) is 18.1. The number of thioether (sulfide) groups is 1. The molecule has 1 rings (SSSR count). The number of benzene rings is 1. The quantitative estimate of drug-likeness (QED) is 0.589. The van der Waals surface area contributed by atoms with Crippen LogP contribution in [-0.2, 0) is 15.3 Å². The van der Waals surface area contributed by atoms with Crippen molar-refractivity contribution in [1.29, 1.82) is 0 Å². The molecule has 0 heterocycles. The number of carbonyl (C=O) groups is 1. The van der Waals surface area contributed by atoms with Gasteiger partial charge in [0.25, 0.3) is 0 Å². The summed E-state index contributed by atoms with van der Waals surface area (Å²) < 4.78 is 4.85. The number of carbonyl (C=O) groups excluding carboxylic acids is 1. The minimum Gasteiger partial charge on any atom is -0.468 e. The molecule has 0 aromatic heterocycles. The van der Waals surface area contributed by atoms with E-state index in [4.69, 9.17) is 4.74 Å². The van der Waals surface area contributed by atoms with E-state index in [1.807, 2.05) is 25.6 Å². The maximum absolute atomic E-state index is 11.7. The number of methoxy groups -OCH3 is 1. The highest BCUT2D eigenvalue weighted by Gasteiger charge is 2.19. The normalized spacial score (nSPS) is 12.5. The summed E-state index contributed by atoms with van der Waals surface area (Å²) in [7, 11) is 1.44. The van der Waals surface area contributed by atoms with Crippen LogP contribution < -0.4 is 5.32 Å². The van der Waals surface area contributed by atoms with Gasteiger partial charge in [-0.1, -0.05) is 43.2 Å². The van der Waals surface area contributed by atoms with Gasteiger partial charge in [0, 0.05) is 11.8 Å². The van der Waals surface area contributed by atoms with Crippen molar-refractivity contribution < 1.29 is 9.53 Å². The fraction of sp³-hybridized carbons (Fsp3) is 0.588. The van der Waals surface area contributed by atoms with Crippen LogP contribution >= 0.6 is 11.8 Å². The molecule has 1 aromatic rings. The third kappa shape index (κ3) is 7.00. The standard InChI is InChI=1S/C17H27NO2S/c1-12(2)18-16(17(19)20-5)6-7-21-11-15-9-13(3)8-14(4)10-15/h8-10,12,16,18H,6-7,11H2,1-5H3. The van der Waals surface area contributed by atoms with E-state index in [9.17, 15) is 4.79 Å². The molecule has 0 spiro atoms. The van der Waals surface area contributed by atoms with Gasteiger partial charge < -0.3 is 10.1 Å². The van der Waals surface area contributed by atoms with Crippen LogP contribution in [0.25, 0.3) is 0 Å². The number of nitrogens with one attached hydrogen (secondary N) is 1. The molecular formula is C17H27NO2S. The van der Waals surface area contributed by atoms with Crippen LogP contribution in [0.1, 0.15) is 37.0 Å². The fourth-order valence-corrected chi connectivity index (χ4v) is 3.31. The molecule has 118 valence electrons. The molecule has 21 heavy (non-hydrogen) atoms. The van der Waals surface area contributed by atoms with E-state index in [0.29, 0.717) is 0 Å². The Kier molecular flexibility index (Phi) is 7.83. The first-order valence-corrected chi connectivity index (χ1v) is 8.56. The molecule has 3 nitrogen and oxygen atoms in total. The highest BCUT2D eigenvalue weighted by Crippen LogP contribution is 2.17. The monoisotopic (exact) mass is 309 g/mol. The molecule has 0 amide bonds. The predicted molar refractivity (Wildman–Crippen MR) is 90.8 cm³/mol. The van der Waals surface area contributed by atoms with Gasteiger partial charge in [-0.3, -0.25) is 4.79 Å². The van der Waals surface area contributed by atoms with E-state index in [0.717, 1.165) is 17.9 Å². The van der Waals surface area contributed by atoms with Gasteiger partial charge in [-0.25, -0.2) is 0 Å². The number of hydrogen-bond acceptors (Lipinski definition) is 4. The first-order valence-electron chi connectivity index (χ1n) is 7.41. The summed E-state index contributed by atoms with van der Waals surface area (Å²) in [5.41, 5.74) is 3.96. The Labute approximate surface area is 132 Å². The number of rotatable bonds is 8. The molecule has 0 aliphatic rings. The van der Waals surface area contributed by atoms with E-state index >= 15 is 0 Å². The van der Waals surface area contributed by atoms with Gasteiger partial charge >= 0.3 is 5.97 Å². The van der Waals surface area contributed by atoms with Crippen LogP contribution in [0.4, 0.5) is 0 Å². The Balaban J connectivity index is 2.41.